The van der Waals surface area contributed by atoms with E-state index in [1.165, 1.54) is 23.2 Å². The summed E-state index contributed by atoms with van der Waals surface area (Å²) in [6, 6.07) is 1.54. The minimum absolute atomic E-state index is 0.00813. The molecule has 7 rings (SSSR count). The number of ether oxygens (including phenoxy) is 2. The zero-order chi connectivity index (χ0) is 31.8. The Morgan fingerprint density at radius 3 is 2.38 bits per heavy atom. The Kier molecular flexibility index (Phi) is 7.71. The monoisotopic (exact) mass is 689 g/mol. The first kappa shape index (κ1) is 30.9. The van der Waals surface area contributed by atoms with Crippen molar-refractivity contribution in [3.8, 4) is 0 Å². The first-order valence-electron chi connectivity index (χ1n) is 13.0. The van der Waals surface area contributed by atoms with Crippen molar-refractivity contribution in [2.75, 3.05) is 18.9 Å². The van der Waals surface area contributed by atoms with Crippen molar-refractivity contribution in [1.29, 1.82) is 0 Å². The molecule has 17 nitrogen and oxygen atoms in total. The van der Waals surface area contributed by atoms with Gasteiger partial charge in [-0.1, -0.05) is 0 Å². The molecule has 3 fully saturated rings. The number of anilines is 1. The standard InChI is InChI=1S/C22H26BF2N8O9P2S/c23-43(35)37-4-10-18(14(25)22(39-10)33-7-30-16-9(34)3-12(27)31-20(16)33)42-44(36,45)38-5-11-17(41-43)13(24)21(40-11)32-6-29-15-8(26)1-2-28-19(15)32/h1-2,6-7,10-11,13-14,17-18,21-22H,3-5H2,23H3,(H2,26,28)(H2,27,31)(H,36,45)/q-1/t10-,11?,13-,14-,17-,18-,21-,22-,43+,44?/m1/s1. The van der Waals surface area contributed by atoms with Crippen molar-refractivity contribution in [2.24, 2.45) is 10.7 Å². The predicted octanol–water partition coefficient (Wildman–Crippen LogP) is 0.464. The number of pyridine rings is 1. The number of halogens is 2. The minimum Gasteiger partial charge on any atom is -0.397 e. The van der Waals surface area contributed by atoms with Crippen molar-refractivity contribution >= 4 is 67.9 Å². The van der Waals surface area contributed by atoms with Crippen LogP contribution in [-0.2, 0) is 43.9 Å². The van der Waals surface area contributed by atoms with Gasteiger partial charge in [-0.05, 0) is 17.9 Å². The minimum atomic E-state index is -4.25. The van der Waals surface area contributed by atoms with Crippen LogP contribution in [0.25, 0.3) is 11.2 Å². The van der Waals surface area contributed by atoms with Gasteiger partial charge >= 0.3 is 6.72 Å². The molecule has 0 radical (unpaired) electrons. The van der Waals surface area contributed by atoms with Crippen molar-refractivity contribution in [3.05, 3.63) is 30.6 Å². The molecule has 45 heavy (non-hydrogen) atoms. The van der Waals surface area contributed by atoms with E-state index in [2.05, 4.69) is 19.9 Å². The predicted molar refractivity (Wildman–Crippen MR) is 158 cm³/mol. The Balaban J connectivity index is 1.16. The Morgan fingerprint density at radius 2 is 1.64 bits per heavy atom. The fraction of sp³-hybridized carbons (Fsp3) is 0.500. The van der Waals surface area contributed by atoms with Gasteiger partial charge in [0.05, 0.1) is 45.5 Å². The lowest BCUT2D eigenvalue weighted by molar-refractivity contribution is -0.0568. The third-order valence-electron chi connectivity index (χ3n) is 7.41. The van der Waals surface area contributed by atoms with Crippen molar-refractivity contribution < 1.29 is 50.6 Å². The molecule has 0 spiro atoms. The van der Waals surface area contributed by atoms with Gasteiger partial charge in [0, 0.05) is 6.20 Å². The molecule has 3 saturated heterocycles. The summed E-state index contributed by atoms with van der Waals surface area (Å²) >= 11 is 5.17. The lowest BCUT2D eigenvalue weighted by atomic mass is 10.1. The average Bonchev–Trinajstić information content (AvgIpc) is 3.72. The van der Waals surface area contributed by atoms with Crippen LogP contribution in [0.1, 0.15) is 29.4 Å². The summed E-state index contributed by atoms with van der Waals surface area (Å²) in [4.78, 5) is 39.9. The fourth-order valence-electron chi connectivity index (χ4n) is 5.38. The average molecular weight is 689 g/mol. The number of aliphatic imine (C=N–C) groups is 1. The molecule has 4 aliphatic heterocycles. The van der Waals surface area contributed by atoms with Gasteiger partial charge in [-0.25, -0.2) is 28.7 Å². The molecular weight excluding hydrogens is 663 g/mol. The number of aromatic nitrogens is 5. The summed E-state index contributed by atoms with van der Waals surface area (Å²) in [7, 11) is -5.11. The van der Waals surface area contributed by atoms with Gasteiger partial charge in [0.25, 0.3) is 0 Å². The smallest absolute Gasteiger partial charge is 0.325 e. The van der Waals surface area contributed by atoms with Crippen LogP contribution >= 0.6 is 14.2 Å². The number of carbonyl (C=O) groups is 1. The topological polar surface area (TPSA) is 223 Å². The van der Waals surface area contributed by atoms with Crippen LogP contribution in [0.5, 0.6) is 0 Å². The number of alkyl halides is 2. The fourth-order valence-corrected chi connectivity index (χ4v) is 7.60. The third kappa shape index (κ3) is 5.54. The molecule has 2 unspecified atom stereocenters. The van der Waals surface area contributed by atoms with Gasteiger partial charge in [-0.15, -0.1) is 0 Å². The van der Waals surface area contributed by atoms with Crippen molar-refractivity contribution in [3.63, 3.8) is 0 Å². The van der Waals surface area contributed by atoms with E-state index in [4.69, 9.17) is 50.8 Å². The molecule has 0 amide bonds. The summed E-state index contributed by atoms with van der Waals surface area (Å²) in [5.41, 5.74) is 12.6. The van der Waals surface area contributed by atoms with Gasteiger partial charge in [-0.3, -0.25) is 18.5 Å². The van der Waals surface area contributed by atoms with Gasteiger partial charge < -0.3 is 44.0 Å². The van der Waals surface area contributed by atoms with Crippen LogP contribution in [0.3, 0.4) is 0 Å². The first-order valence-corrected chi connectivity index (χ1v) is 16.7. The number of nitrogen functional groups attached to an aromatic ring is 1. The normalized spacial score (nSPS) is 39.0. The van der Waals surface area contributed by atoms with E-state index in [9.17, 15) is 14.3 Å². The summed E-state index contributed by atoms with van der Waals surface area (Å²) < 4.78 is 82.5. The number of hydrogen-bond donors (Lipinski definition) is 3. The van der Waals surface area contributed by atoms with E-state index in [0.29, 0.717) is 11.2 Å². The van der Waals surface area contributed by atoms with Crippen molar-refractivity contribution in [1.82, 2.24) is 24.1 Å². The second-order valence-electron chi connectivity index (χ2n) is 10.2. The molecule has 3 aromatic rings. The molecular formula is C22H26BF2N8O9P2S-. The lowest BCUT2D eigenvalue weighted by Gasteiger charge is -2.31. The van der Waals surface area contributed by atoms with Crippen LogP contribution in [0, 0.1) is 0 Å². The zero-order valence-corrected chi connectivity index (χ0v) is 24.8. The Morgan fingerprint density at radius 1 is 1.00 bits per heavy atom. The summed E-state index contributed by atoms with van der Waals surface area (Å²) in [6.07, 6.45) is -8.64. The summed E-state index contributed by atoms with van der Waals surface area (Å²) in [5, 5.41) is 0. The van der Waals surface area contributed by atoms with E-state index >= 15 is 8.78 Å². The number of ketones is 1. The SMILES string of the molecule is [BH3-][P@]1(=O)OC[C@H]2O[C@@H](n3cnc4c3N=C(N)CC4=O)[C@H](F)[C@@H]2OP(O)(=S)OCC2O[C@@H](n3cnc4c(N)ccnc43)[C@H](F)[C@@H]2O1. The van der Waals surface area contributed by atoms with Crippen LogP contribution < -0.4 is 11.5 Å². The summed E-state index contributed by atoms with van der Waals surface area (Å²) in [6.45, 7) is -5.35. The highest BCUT2D eigenvalue weighted by Gasteiger charge is 2.53. The van der Waals surface area contributed by atoms with Crippen LogP contribution in [0.2, 0.25) is 0 Å². The highest BCUT2D eigenvalue weighted by Crippen LogP contribution is 2.54. The molecule has 23 heteroatoms. The van der Waals surface area contributed by atoms with E-state index in [1.807, 2.05) is 0 Å². The highest BCUT2D eigenvalue weighted by molar-refractivity contribution is 8.07. The second kappa shape index (κ2) is 11.2. The quantitative estimate of drug-likeness (QED) is 0.246. The van der Waals surface area contributed by atoms with Crippen LogP contribution in [0.15, 0.2) is 29.9 Å². The van der Waals surface area contributed by atoms with Gasteiger partial charge in [0.15, 0.2) is 47.7 Å². The zero-order valence-electron chi connectivity index (χ0n) is 22.2. The number of hydrogen-bond acceptors (Lipinski definition) is 15. The lowest BCUT2D eigenvalue weighted by Crippen LogP contribution is -2.37. The molecule has 0 bridgehead atoms. The Labute approximate surface area is 258 Å². The maximum Gasteiger partial charge on any atom is 0.325 e. The molecule has 4 aliphatic rings. The largest absolute Gasteiger partial charge is 0.397 e. The van der Waals surface area contributed by atoms with Crippen LogP contribution in [-0.4, -0.2) is 98.1 Å². The molecule has 242 valence electrons. The number of amidine groups is 1. The van der Waals surface area contributed by atoms with E-state index in [-0.39, 0.29) is 29.4 Å². The molecule has 7 heterocycles. The maximum absolute atomic E-state index is 16.1. The molecule has 10 atom stereocenters. The Bertz CT molecular complexity index is 1820. The number of imidazole rings is 2. The number of Topliss-reactive ketones (excluding diaryl/α,β-unsaturated/α-hetero) is 1. The number of fused-ring (bicyclic) bond motifs is 4. The van der Waals surface area contributed by atoms with Gasteiger partial charge in [0.1, 0.15) is 43.2 Å². The second-order valence-corrected chi connectivity index (χ2v) is 13.9. The number of rotatable bonds is 2. The number of nitrogens with zero attached hydrogens (tertiary/aromatic N) is 6. The van der Waals surface area contributed by atoms with Crippen molar-refractivity contribution in [2.45, 2.75) is 55.6 Å². The molecule has 0 aromatic carbocycles. The molecule has 0 aliphatic carbocycles. The highest BCUT2D eigenvalue weighted by atomic mass is 32.5. The maximum atomic E-state index is 16.1. The van der Waals surface area contributed by atoms with E-state index in [0.717, 1.165) is 10.9 Å². The van der Waals surface area contributed by atoms with E-state index in [1.54, 1.807) is 0 Å². The van der Waals surface area contributed by atoms with Gasteiger partial charge in [0.2, 0.25) is 0 Å². The van der Waals surface area contributed by atoms with E-state index < -0.39 is 90.0 Å². The Hall–Kier alpha value is -2.71. The molecule has 3 aromatic heterocycles. The number of carbonyl (C=O) groups excluding carboxylic acids is 1. The third-order valence-corrected chi connectivity index (χ3v) is 9.74. The molecule has 5 N–H and O–H groups in total. The first-order chi connectivity index (χ1) is 21.3. The summed E-state index contributed by atoms with van der Waals surface area (Å²) in [5.74, 6) is -0.418. The van der Waals surface area contributed by atoms with Gasteiger partial charge in [-0.2, -0.15) is 0 Å². The van der Waals surface area contributed by atoms with Crippen LogP contribution in [0.4, 0.5) is 20.3 Å². The molecule has 0 saturated carbocycles. The number of nitrogens with two attached hydrogens (primary N) is 2.